The fourth-order valence-corrected chi connectivity index (χ4v) is 2.60. The Hall–Kier alpha value is -2.54. The average molecular weight is 349 g/mol. The first-order chi connectivity index (χ1) is 12.1. The Morgan fingerprint density at radius 3 is 2.36 bits per heavy atom. The number of nitrogens with zero attached hydrogens (tertiary/aromatic N) is 2. The molecule has 1 aliphatic rings. The van der Waals surface area contributed by atoms with Gasteiger partial charge in [0.1, 0.15) is 11.5 Å². The quantitative estimate of drug-likeness (QED) is 0.674. The number of hydrazone groups is 1. The van der Waals surface area contributed by atoms with Crippen LogP contribution in [-0.4, -0.2) is 32.0 Å². The van der Waals surface area contributed by atoms with Gasteiger partial charge in [0.15, 0.2) is 11.6 Å². The summed E-state index contributed by atoms with van der Waals surface area (Å²) in [6.45, 7) is 4.05. The van der Waals surface area contributed by atoms with E-state index in [1.165, 1.54) is 12.1 Å². The molecule has 4 nitrogen and oxygen atoms in total. The van der Waals surface area contributed by atoms with Gasteiger partial charge in [0.05, 0.1) is 24.6 Å². The lowest BCUT2D eigenvalue weighted by Gasteiger charge is -2.29. The normalized spacial score (nSPS) is 15.4. The average Bonchev–Trinajstić information content (AvgIpc) is 2.61. The van der Waals surface area contributed by atoms with Crippen LogP contribution < -0.4 is 10.3 Å². The maximum atomic E-state index is 14.4. The predicted molar refractivity (Wildman–Crippen MR) is 91.6 cm³/mol. The van der Waals surface area contributed by atoms with Crippen LogP contribution in [0.25, 0.3) is 0 Å². The van der Waals surface area contributed by atoms with Crippen LogP contribution in [0, 0.1) is 17.5 Å². The van der Waals surface area contributed by atoms with Crippen LogP contribution in [0.2, 0.25) is 0 Å². The Bertz CT molecular complexity index is 769. The van der Waals surface area contributed by atoms with E-state index in [2.05, 4.69) is 10.5 Å². The summed E-state index contributed by atoms with van der Waals surface area (Å²) >= 11 is 0. The van der Waals surface area contributed by atoms with Crippen molar-refractivity contribution in [3.05, 3.63) is 59.4 Å². The largest absolute Gasteiger partial charge is 0.378 e. The van der Waals surface area contributed by atoms with Crippen LogP contribution in [0.15, 0.2) is 41.5 Å². The van der Waals surface area contributed by atoms with Crippen LogP contribution in [0.1, 0.15) is 12.5 Å². The van der Waals surface area contributed by atoms with Gasteiger partial charge in [0.2, 0.25) is 0 Å². The number of halogens is 3. The van der Waals surface area contributed by atoms with Gasteiger partial charge in [0, 0.05) is 18.7 Å². The number of hydrogen-bond donors (Lipinski definition) is 1. The van der Waals surface area contributed by atoms with E-state index in [9.17, 15) is 13.2 Å². The third kappa shape index (κ3) is 3.93. The zero-order valence-electron chi connectivity index (χ0n) is 13.7. The molecule has 0 spiro atoms. The monoisotopic (exact) mass is 349 g/mol. The molecule has 7 heteroatoms. The summed E-state index contributed by atoms with van der Waals surface area (Å²) in [5, 5.41) is 3.96. The number of anilines is 2. The highest BCUT2D eigenvalue weighted by atomic mass is 19.1. The molecule has 0 saturated carbocycles. The molecule has 1 aliphatic heterocycles. The van der Waals surface area contributed by atoms with Gasteiger partial charge < -0.3 is 9.64 Å². The molecular formula is C18H18F3N3O. The summed E-state index contributed by atoms with van der Waals surface area (Å²) in [6.07, 6.45) is 0. The lowest BCUT2D eigenvalue weighted by molar-refractivity contribution is 0.122. The van der Waals surface area contributed by atoms with Crippen LogP contribution in [0.4, 0.5) is 24.5 Å². The molecule has 1 N–H and O–H groups in total. The van der Waals surface area contributed by atoms with Crippen molar-refractivity contribution in [1.29, 1.82) is 0 Å². The third-order valence-corrected chi connectivity index (χ3v) is 4.02. The number of nitrogens with one attached hydrogen (secondary N) is 1. The summed E-state index contributed by atoms with van der Waals surface area (Å²) in [4.78, 5) is 1.92. The number of hydrogen-bond acceptors (Lipinski definition) is 4. The summed E-state index contributed by atoms with van der Waals surface area (Å²) in [5.41, 5.74) is 3.47. The number of ether oxygens (including phenoxy) is 1. The van der Waals surface area contributed by atoms with E-state index in [1.807, 2.05) is 4.90 Å². The molecule has 0 atom stereocenters. The summed E-state index contributed by atoms with van der Waals surface area (Å²) in [5.74, 6) is -1.86. The predicted octanol–water partition coefficient (Wildman–Crippen LogP) is 3.78. The molecule has 0 aliphatic carbocycles. The van der Waals surface area contributed by atoms with Gasteiger partial charge in [-0.2, -0.15) is 5.10 Å². The van der Waals surface area contributed by atoms with E-state index in [-0.39, 0.29) is 11.5 Å². The molecule has 0 unspecified atom stereocenters. The zero-order valence-corrected chi connectivity index (χ0v) is 13.7. The van der Waals surface area contributed by atoms with Crippen molar-refractivity contribution in [3.8, 4) is 0 Å². The lowest BCUT2D eigenvalue weighted by Crippen LogP contribution is -2.36. The Balaban J connectivity index is 1.78. The molecular weight excluding hydrogens is 331 g/mol. The summed E-state index contributed by atoms with van der Waals surface area (Å²) < 4.78 is 46.8. The molecule has 2 aromatic rings. The van der Waals surface area contributed by atoms with Gasteiger partial charge in [-0.05, 0) is 31.2 Å². The Morgan fingerprint density at radius 2 is 1.72 bits per heavy atom. The van der Waals surface area contributed by atoms with E-state index in [0.29, 0.717) is 43.3 Å². The van der Waals surface area contributed by atoms with Crippen LogP contribution in [0.3, 0.4) is 0 Å². The molecule has 132 valence electrons. The zero-order chi connectivity index (χ0) is 17.8. The van der Waals surface area contributed by atoms with Gasteiger partial charge in [-0.25, -0.2) is 13.2 Å². The first-order valence-corrected chi connectivity index (χ1v) is 7.93. The van der Waals surface area contributed by atoms with Gasteiger partial charge in [0.25, 0.3) is 0 Å². The fraction of sp³-hybridized carbons (Fsp3) is 0.278. The van der Waals surface area contributed by atoms with Gasteiger partial charge in [-0.1, -0.05) is 12.1 Å². The topological polar surface area (TPSA) is 36.9 Å². The van der Waals surface area contributed by atoms with Gasteiger partial charge >= 0.3 is 0 Å². The molecule has 25 heavy (non-hydrogen) atoms. The SMILES string of the molecule is C/C(=N/Nc1c(F)cccc1F)c1ccc(N2CCOCC2)c(F)c1. The molecule has 0 aromatic heterocycles. The van der Waals surface area contributed by atoms with Crippen molar-refractivity contribution in [2.24, 2.45) is 5.10 Å². The van der Waals surface area contributed by atoms with E-state index < -0.39 is 11.6 Å². The van der Waals surface area contributed by atoms with Crippen molar-refractivity contribution in [3.63, 3.8) is 0 Å². The van der Waals surface area contributed by atoms with Crippen LogP contribution >= 0.6 is 0 Å². The minimum absolute atomic E-state index is 0.341. The second-order valence-electron chi connectivity index (χ2n) is 5.67. The number of para-hydroxylation sites is 1. The van der Waals surface area contributed by atoms with E-state index in [4.69, 9.17) is 4.74 Å². The molecule has 0 bridgehead atoms. The molecule has 1 saturated heterocycles. The van der Waals surface area contributed by atoms with Gasteiger partial charge in [-0.15, -0.1) is 0 Å². The first-order valence-electron chi connectivity index (χ1n) is 7.93. The van der Waals surface area contributed by atoms with Crippen LogP contribution in [-0.2, 0) is 4.74 Å². The van der Waals surface area contributed by atoms with Crippen molar-refractivity contribution in [2.45, 2.75) is 6.92 Å². The third-order valence-electron chi connectivity index (χ3n) is 4.02. The van der Waals surface area contributed by atoms with Crippen LogP contribution in [0.5, 0.6) is 0 Å². The van der Waals surface area contributed by atoms with Gasteiger partial charge in [-0.3, -0.25) is 5.43 Å². The Kier molecular flexibility index (Phi) is 5.23. The molecule has 1 heterocycles. The summed E-state index contributed by atoms with van der Waals surface area (Å²) in [7, 11) is 0. The Labute approximate surface area is 143 Å². The van der Waals surface area contributed by atoms with Crippen molar-refractivity contribution >= 4 is 17.1 Å². The second kappa shape index (κ2) is 7.57. The second-order valence-corrected chi connectivity index (χ2v) is 5.67. The standard InChI is InChI=1S/C18H18F3N3O/c1-12(22-23-18-14(19)3-2-4-15(18)20)13-5-6-17(16(21)11-13)24-7-9-25-10-8-24/h2-6,11,23H,7-10H2,1H3/b22-12-. The highest BCUT2D eigenvalue weighted by molar-refractivity contribution is 5.99. The smallest absolute Gasteiger partial charge is 0.151 e. The fourth-order valence-electron chi connectivity index (χ4n) is 2.60. The van der Waals surface area contributed by atoms with Crippen molar-refractivity contribution in [2.75, 3.05) is 36.6 Å². The van der Waals surface area contributed by atoms with E-state index in [1.54, 1.807) is 19.1 Å². The van der Waals surface area contributed by atoms with Crippen molar-refractivity contribution in [1.82, 2.24) is 0 Å². The Morgan fingerprint density at radius 1 is 1.04 bits per heavy atom. The first kappa shape index (κ1) is 17.3. The van der Waals surface area contributed by atoms with E-state index in [0.717, 1.165) is 12.1 Å². The lowest BCUT2D eigenvalue weighted by atomic mass is 10.1. The minimum Gasteiger partial charge on any atom is -0.378 e. The minimum atomic E-state index is -0.745. The molecule has 1 fully saturated rings. The number of rotatable bonds is 4. The number of morpholine rings is 1. The highest BCUT2D eigenvalue weighted by Crippen LogP contribution is 2.22. The van der Waals surface area contributed by atoms with Crippen molar-refractivity contribution < 1.29 is 17.9 Å². The van der Waals surface area contributed by atoms with E-state index >= 15 is 0 Å². The number of benzene rings is 2. The maximum Gasteiger partial charge on any atom is 0.151 e. The highest BCUT2D eigenvalue weighted by Gasteiger charge is 2.16. The summed E-state index contributed by atoms with van der Waals surface area (Å²) in [6, 6.07) is 8.31. The molecule has 0 amide bonds. The molecule has 0 radical (unpaired) electrons. The molecule has 2 aromatic carbocycles. The maximum absolute atomic E-state index is 14.4. The molecule has 3 rings (SSSR count).